The molecule has 0 spiro atoms. The maximum absolute atomic E-state index is 12.2. The highest BCUT2D eigenvalue weighted by molar-refractivity contribution is 9.10. The molecular formula is C21H15BrClN3O3. The van der Waals surface area contributed by atoms with Gasteiger partial charge in [-0.1, -0.05) is 51.8 Å². The van der Waals surface area contributed by atoms with Crippen LogP contribution < -0.4 is 4.74 Å². The summed E-state index contributed by atoms with van der Waals surface area (Å²) in [5.41, 5.74) is 0.771. The highest BCUT2D eigenvalue weighted by atomic mass is 79.9. The predicted octanol–water partition coefficient (Wildman–Crippen LogP) is 5.22. The molecule has 4 rings (SSSR count). The minimum atomic E-state index is -1.64. The van der Waals surface area contributed by atoms with Gasteiger partial charge in [-0.15, -0.1) is 15.0 Å². The zero-order valence-electron chi connectivity index (χ0n) is 15.2. The quantitative estimate of drug-likeness (QED) is 0.431. The van der Waals surface area contributed by atoms with E-state index in [9.17, 15) is 9.90 Å². The van der Waals surface area contributed by atoms with Gasteiger partial charge >= 0.3 is 5.97 Å². The minimum absolute atomic E-state index is 0.327. The molecule has 1 N–H and O–H groups in total. The van der Waals surface area contributed by atoms with Crippen LogP contribution in [0.25, 0.3) is 16.7 Å². The van der Waals surface area contributed by atoms with E-state index in [1.165, 1.54) is 11.7 Å². The molecule has 8 heteroatoms. The van der Waals surface area contributed by atoms with Gasteiger partial charge < -0.3 is 9.84 Å². The van der Waals surface area contributed by atoms with E-state index in [0.717, 1.165) is 15.5 Å². The lowest BCUT2D eigenvalue weighted by Gasteiger charge is -2.28. The predicted molar refractivity (Wildman–Crippen MR) is 114 cm³/mol. The van der Waals surface area contributed by atoms with E-state index in [0.29, 0.717) is 22.0 Å². The van der Waals surface area contributed by atoms with Crippen LogP contribution in [-0.2, 0) is 10.4 Å². The summed E-state index contributed by atoms with van der Waals surface area (Å²) in [4.78, 5) is 13.6. The molecule has 3 aromatic carbocycles. The number of carboxylic acids is 1. The Morgan fingerprint density at radius 2 is 1.69 bits per heavy atom. The van der Waals surface area contributed by atoms with Crippen LogP contribution in [0, 0.1) is 0 Å². The Bertz CT molecular complexity index is 1180. The van der Waals surface area contributed by atoms with Gasteiger partial charge in [0.1, 0.15) is 22.5 Å². The van der Waals surface area contributed by atoms with Crippen LogP contribution in [0.4, 0.5) is 0 Å². The van der Waals surface area contributed by atoms with Gasteiger partial charge in [-0.25, -0.2) is 4.79 Å². The third kappa shape index (κ3) is 3.71. The summed E-state index contributed by atoms with van der Waals surface area (Å²) in [6.45, 7) is 1.50. The van der Waals surface area contributed by atoms with Crippen molar-refractivity contribution in [2.24, 2.45) is 0 Å². The molecule has 0 amide bonds. The molecule has 0 aliphatic heterocycles. The highest BCUT2D eigenvalue weighted by Crippen LogP contribution is 2.34. The Kier molecular flexibility index (Phi) is 5.02. The van der Waals surface area contributed by atoms with Crippen molar-refractivity contribution < 1.29 is 14.6 Å². The second-order valence-electron chi connectivity index (χ2n) is 6.54. The van der Waals surface area contributed by atoms with Crippen molar-refractivity contribution in [3.05, 3.63) is 81.8 Å². The van der Waals surface area contributed by atoms with E-state index in [1.54, 1.807) is 42.5 Å². The third-order valence-electron chi connectivity index (χ3n) is 4.54. The fraction of sp³-hybridized carbons (Fsp3) is 0.0952. The smallest absolute Gasteiger partial charge is 0.352 e. The van der Waals surface area contributed by atoms with Gasteiger partial charge in [-0.05, 0) is 49.4 Å². The molecular weight excluding hydrogens is 458 g/mol. The Balaban J connectivity index is 1.82. The molecule has 0 saturated heterocycles. The number of benzene rings is 3. The summed E-state index contributed by atoms with van der Waals surface area (Å²) < 4.78 is 6.84. The first-order valence-electron chi connectivity index (χ1n) is 8.67. The van der Waals surface area contributed by atoms with E-state index in [-0.39, 0.29) is 0 Å². The fourth-order valence-corrected chi connectivity index (χ4v) is 3.39. The molecule has 1 atom stereocenters. The molecule has 0 radical (unpaired) electrons. The van der Waals surface area contributed by atoms with E-state index < -0.39 is 11.6 Å². The highest BCUT2D eigenvalue weighted by Gasteiger charge is 2.38. The summed E-state index contributed by atoms with van der Waals surface area (Å²) in [5.74, 6) is -0.805. The van der Waals surface area contributed by atoms with Crippen LogP contribution in [0.2, 0.25) is 5.02 Å². The monoisotopic (exact) mass is 471 g/mol. The maximum atomic E-state index is 12.2. The van der Waals surface area contributed by atoms with Crippen molar-refractivity contribution in [2.75, 3.05) is 0 Å². The Morgan fingerprint density at radius 3 is 2.28 bits per heavy atom. The summed E-state index contributed by atoms with van der Waals surface area (Å²) >= 11 is 9.39. The summed E-state index contributed by atoms with van der Waals surface area (Å²) in [7, 11) is 0. The summed E-state index contributed by atoms with van der Waals surface area (Å²) in [6.07, 6.45) is 0. The van der Waals surface area contributed by atoms with Crippen LogP contribution in [0.15, 0.2) is 71.2 Å². The number of rotatable bonds is 5. The first kappa shape index (κ1) is 19.4. The average Bonchev–Trinajstić information content (AvgIpc) is 3.13. The number of aromatic nitrogens is 3. The van der Waals surface area contributed by atoms with Crippen LogP contribution in [0.5, 0.6) is 5.75 Å². The summed E-state index contributed by atoms with van der Waals surface area (Å²) in [6, 6.07) is 19.2. The van der Waals surface area contributed by atoms with Crippen LogP contribution in [0.3, 0.4) is 0 Å². The number of nitrogens with zero attached hydrogens (tertiary/aromatic N) is 3. The molecule has 0 aliphatic rings. The number of halogens is 2. The third-order valence-corrected chi connectivity index (χ3v) is 5.29. The van der Waals surface area contributed by atoms with Crippen molar-refractivity contribution in [1.29, 1.82) is 0 Å². The Labute approximate surface area is 179 Å². The molecule has 1 heterocycles. The van der Waals surface area contributed by atoms with Crippen molar-refractivity contribution in [2.45, 2.75) is 12.5 Å². The lowest BCUT2D eigenvalue weighted by Crippen LogP contribution is -2.38. The maximum Gasteiger partial charge on any atom is 0.352 e. The van der Waals surface area contributed by atoms with Crippen molar-refractivity contribution in [3.63, 3.8) is 0 Å². The molecule has 1 aromatic heterocycles. The van der Waals surface area contributed by atoms with E-state index in [4.69, 9.17) is 16.3 Å². The topological polar surface area (TPSA) is 77.2 Å². The number of ether oxygens (including phenoxy) is 1. The van der Waals surface area contributed by atoms with Gasteiger partial charge in [-0.3, -0.25) is 0 Å². The van der Waals surface area contributed by atoms with Crippen molar-refractivity contribution in [3.8, 4) is 11.4 Å². The van der Waals surface area contributed by atoms with Crippen LogP contribution in [-0.4, -0.2) is 26.1 Å². The molecule has 0 bridgehead atoms. The lowest BCUT2D eigenvalue weighted by molar-refractivity contribution is -0.154. The van der Waals surface area contributed by atoms with Gasteiger partial charge in [0.2, 0.25) is 5.60 Å². The fourth-order valence-electron chi connectivity index (χ4n) is 2.91. The zero-order chi connectivity index (χ0) is 20.6. The van der Waals surface area contributed by atoms with Gasteiger partial charge in [0.15, 0.2) is 0 Å². The van der Waals surface area contributed by atoms with Crippen LogP contribution in [0.1, 0.15) is 12.5 Å². The molecule has 29 heavy (non-hydrogen) atoms. The zero-order valence-corrected chi connectivity index (χ0v) is 17.6. The molecule has 0 aliphatic carbocycles. The van der Waals surface area contributed by atoms with Gasteiger partial charge in [0.25, 0.3) is 0 Å². The second kappa shape index (κ2) is 7.50. The SMILES string of the molecule is CC(Oc1ccc(Br)cc1-n1nc2ccccc2n1)(C(=O)O)c1ccc(Cl)cc1. The van der Waals surface area contributed by atoms with Gasteiger partial charge in [-0.2, -0.15) is 0 Å². The number of hydrogen-bond donors (Lipinski definition) is 1. The number of hydrogen-bond acceptors (Lipinski definition) is 4. The van der Waals surface area contributed by atoms with E-state index >= 15 is 0 Å². The standard InChI is InChI=1S/C21H15BrClN3O3/c1-21(20(27)28,13-6-9-15(23)10-7-13)29-19-11-8-14(22)12-18(19)26-24-16-4-2-3-5-17(16)25-26/h2-12H,1H3,(H,27,28). The molecule has 1 unspecified atom stereocenters. The first-order valence-corrected chi connectivity index (χ1v) is 9.84. The number of fused-ring (bicyclic) bond motifs is 1. The molecule has 0 saturated carbocycles. The Hall–Kier alpha value is -2.90. The van der Waals surface area contributed by atoms with Crippen molar-refractivity contribution in [1.82, 2.24) is 15.0 Å². The minimum Gasteiger partial charge on any atom is -0.478 e. The Morgan fingerprint density at radius 1 is 1.07 bits per heavy atom. The second-order valence-corrected chi connectivity index (χ2v) is 7.89. The van der Waals surface area contributed by atoms with Gasteiger partial charge in [0, 0.05) is 15.1 Å². The van der Waals surface area contributed by atoms with Crippen molar-refractivity contribution >= 4 is 44.5 Å². The normalized spacial score (nSPS) is 13.2. The van der Waals surface area contributed by atoms with E-state index in [1.807, 2.05) is 24.3 Å². The molecule has 6 nitrogen and oxygen atoms in total. The largest absolute Gasteiger partial charge is 0.478 e. The van der Waals surface area contributed by atoms with Crippen LogP contribution >= 0.6 is 27.5 Å². The molecule has 146 valence electrons. The number of aliphatic carboxylic acids is 1. The number of carboxylic acid groups (broad SMARTS) is 1. The van der Waals surface area contributed by atoms with Gasteiger partial charge in [0.05, 0.1) is 0 Å². The lowest BCUT2D eigenvalue weighted by atomic mass is 9.96. The average molecular weight is 473 g/mol. The number of carbonyl (C=O) groups is 1. The van der Waals surface area contributed by atoms with E-state index in [2.05, 4.69) is 26.1 Å². The molecule has 4 aromatic rings. The molecule has 0 fully saturated rings. The first-order chi connectivity index (χ1) is 13.9. The summed E-state index contributed by atoms with van der Waals surface area (Å²) in [5, 5.41) is 19.4.